The van der Waals surface area contributed by atoms with Crippen LogP contribution in [0.5, 0.6) is 5.75 Å². The summed E-state index contributed by atoms with van der Waals surface area (Å²) < 4.78 is 5.17. The molecular weight excluding hydrogens is 294 g/mol. The maximum atomic E-state index is 12.3. The SMILES string of the molecule is COc1ccc(-c2csc(C(=O)NC3CCCCC3)c2)cc1. The lowest BCUT2D eigenvalue weighted by Crippen LogP contribution is -2.35. The molecule has 3 rings (SSSR count). The number of amides is 1. The third-order valence-corrected chi connectivity index (χ3v) is 5.12. The first-order valence-electron chi connectivity index (χ1n) is 7.80. The first kappa shape index (κ1) is 15.1. The number of carbonyl (C=O) groups is 1. The molecule has 0 radical (unpaired) electrons. The number of thiophene rings is 1. The molecule has 22 heavy (non-hydrogen) atoms. The van der Waals surface area contributed by atoms with Crippen molar-refractivity contribution in [1.29, 1.82) is 0 Å². The second-order valence-electron chi connectivity index (χ2n) is 5.74. The molecule has 2 aromatic rings. The molecule has 0 bridgehead atoms. The molecule has 0 spiro atoms. The summed E-state index contributed by atoms with van der Waals surface area (Å²) in [6, 6.07) is 10.2. The van der Waals surface area contributed by atoms with Crippen LogP contribution in [0.25, 0.3) is 11.1 Å². The predicted molar refractivity (Wildman–Crippen MR) is 90.6 cm³/mol. The highest BCUT2D eigenvalue weighted by Crippen LogP contribution is 2.27. The first-order chi connectivity index (χ1) is 10.8. The minimum Gasteiger partial charge on any atom is -0.497 e. The number of benzene rings is 1. The van der Waals surface area contributed by atoms with Crippen molar-refractivity contribution in [3.05, 3.63) is 40.6 Å². The number of carbonyl (C=O) groups excluding carboxylic acids is 1. The van der Waals surface area contributed by atoms with Crippen LogP contribution in [0.2, 0.25) is 0 Å². The Labute approximate surface area is 135 Å². The topological polar surface area (TPSA) is 38.3 Å². The van der Waals surface area contributed by atoms with Crippen LogP contribution in [0.15, 0.2) is 35.7 Å². The van der Waals surface area contributed by atoms with Crippen LogP contribution in [0.1, 0.15) is 41.8 Å². The lowest BCUT2D eigenvalue weighted by molar-refractivity contribution is 0.0932. The van der Waals surface area contributed by atoms with Crippen LogP contribution in [-0.4, -0.2) is 19.1 Å². The predicted octanol–water partition coefficient (Wildman–Crippen LogP) is 4.49. The van der Waals surface area contributed by atoms with Crippen LogP contribution in [0, 0.1) is 0 Å². The van der Waals surface area contributed by atoms with E-state index < -0.39 is 0 Å². The Kier molecular flexibility index (Phi) is 4.78. The van der Waals surface area contributed by atoms with Gasteiger partial charge in [-0.15, -0.1) is 11.3 Å². The van der Waals surface area contributed by atoms with Crippen LogP contribution < -0.4 is 10.1 Å². The Morgan fingerprint density at radius 1 is 1.14 bits per heavy atom. The summed E-state index contributed by atoms with van der Waals surface area (Å²) >= 11 is 1.51. The van der Waals surface area contributed by atoms with E-state index in [-0.39, 0.29) is 5.91 Å². The highest BCUT2D eigenvalue weighted by molar-refractivity contribution is 7.12. The van der Waals surface area contributed by atoms with Gasteiger partial charge in [0.1, 0.15) is 5.75 Å². The first-order valence-corrected chi connectivity index (χ1v) is 8.68. The van der Waals surface area contributed by atoms with E-state index in [1.807, 2.05) is 35.7 Å². The van der Waals surface area contributed by atoms with Crippen molar-refractivity contribution in [1.82, 2.24) is 5.32 Å². The van der Waals surface area contributed by atoms with Crippen molar-refractivity contribution >= 4 is 17.2 Å². The van der Waals surface area contributed by atoms with Gasteiger partial charge < -0.3 is 10.1 Å². The molecule has 1 aromatic heterocycles. The Bertz CT molecular complexity index is 627. The highest BCUT2D eigenvalue weighted by Gasteiger charge is 2.17. The quantitative estimate of drug-likeness (QED) is 0.903. The lowest BCUT2D eigenvalue weighted by Gasteiger charge is -2.22. The molecule has 1 heterocycles. The van der Waals surface area contributed by atoms with Crippen molar-refractivity contribution in [2.75, 3.05) is 7.11 Å². The Morgan fingerprint density at radius 2 is 1.86 bits per heavy atom. The van der Waals surface area contributed by atoms with Gasteiger partial charge in [0, 0.05) is 6.04 Å². The molecule has 116 valence electrons. The Morgan fingerprint density at radius 3 is 2.55 bits per heavy atom. The molecular formula is C18H21NO2S. The monoisotopic (exact) mass is 315 g/mol. The normalized spacial score (nSPS) is 15.5. The average molecular weight is 315 g/mol. The van der Waals surface area contributed by atoms with Gasteiger partial charge in [-0.25, -0.2) is 0 Å². The molecule has 1 aromatic carbocycles. The molecule has 0 unspecified atom stereocenters. The fourth-order valence-electron chi connectivity index (χ4n) is 2.89. The van der Waals surface area contributed by atoms with Crippen LogP contribution in [0.4, 0.5) is 0 Å². The zero-order valence-electron chi connectivity index (χ0n) is 12.8. The van der Waals surface area contributed by atoms with Crippen molar-refractivity contribution < 1.29 is 9.53 Å². The minimum absolute atomic E-state index is 0.0664. The molecule has 1 aliphatic rings. The summed E-state index contributed by atoms with van der Waals surface area (Å²) in [5.74, 6) is 0.908. The largest absolute Gasteiger partial charge is 0.497 e. The van der Waals surface area contributed by atoms with Gasteiger partial charge in [0.15, 0.2) is 0 Å². The highest BCUT2D eigenvalue weighted by atomic mass is 32.1. The van der Waals surface area contributed by atoms with Gasteiger partial charge >= 0.3 is 0 Å². The number of nitrogens with one attached hydrogen (secondary N) is 1. The minimum atomic E-state index is 0.0664. The number of hydrogen-bond acceptors (Lipinski definition) is 3. The molecule has 4 heteroatoms. The molecule has 3 nitrogen and oxygen atoms in total. The zero-order valence-corrected chi connectivity index (χ0v) is 13.6. The number of hydrogen-bond donors (Lipinski definition) is 1. The van der Waals surface area contributed by atoms with E-state index in [4.69, 9.17) is 4.74 Å². The molecule has 1 amide bonds. The van der Waals surface area contributed by atoms with Crippen LogP contribution in [0.3, 0.4) is 0 Å². The lowest BCUT2D eigenvalue weighted by atomic mass is 9.95. The van der Waals surface area contributed by atoms with Crippen molar-refractivity contribution in [3.8, 4) is 16.9 Å². The maximum Gasteiger partial charge on any atom is 0.261 e. The molecule has 1 fully saturated rings. The molecule has 0 aliphatic heterocycles. The van der Waals surface area contributed by atoms with Gasteiger partial charge in [0.05, 0.1) is 12.0 Å². The van der Waals surface area contributed by atoms with Gasteiger partial charge in [-0.3, -0.25) is 4.79 Å². The number of ether oxygens (including phenoxy) is 1. The number of methoxy groups -OCH3 is 1. The Balaban J connectivity index is 1.68. The van der Waals surface area contributed by atoms with Gasteiger partial charge in [0.25, 0.3) is 5.91 Å². The molecule has 0 saturated heterocycles. The van der Waals surface area contributed by atoms with Gasteiger partial charge in [-0.1, -0.05) is 31.4 Å². The van der Waals surface area contributed by atoms with E-state index >= 15 is 0 Å². The van der Waals surface area contributed by atoms with E-state index in [2.05, 4.69) is 5.32 Å². The standard InChI is InChI=1S/C18H21NO2S/c1-21-16-9-7-13(8-10-16)14-11-17(22-12-14)18(20)19-15-5-3-2-4-6-15/h7-12,15H,2-6H2,1H3,(H,19,20). The van der Waals surface area contributed by atoms with Crippen molar-refractivity contribution in [3.63, 3.8) is 0 Å². The summed E-state index contributed by atoms with van der Waals surface area (Å²) in [4.78, 5) is 13.1. The van der Waals surface area contributed by atoms with Gasteiger partial charge in [-0.05, 0) is 47.5 Å². The fourth-order valence-corrected chi connectivity index (χ4v) is 3.71. The van der Waals surface area contributed by atoms with Gasteiger partial charge in [-0.2, -0.15) is 0 Å². The summed E-state index contributed by atoms with van der Waals surface area (Å²) in [6.07, 6.45) is 5.98. The summed E-state index contributed by atoms with van der Waals surface area (Å²) in [5.41, 5.74) is 2.19. The van der Waals surface area contributed by atoms with Crippen molar-refractivity contribution in [2.45, 2.75) is 38.1 Å². The smallest absolute Gasteiger partial charge is 0.261 e. The van der Waals surface area contributed by atoms with E-state index in [0.717, 1.165) is 34.6 Å². The summed E-state index contributed by atoms with van der Waals surface area (Å²) in [7, 11) is 1.66. The summed E-state index contributed by atoms with van der Waals surface area (Å²) in [5, 5.41) is 5.21. The van der Waals surface area contributed by atoms with Crippen LogP contribution >= 0.6 is 11.3 Å². The van der Waals surface area contributed by atoms with E-state index in [1.54, 1.807) is 7.11 Å². The molecule has 1 aliphatic carbocycles. The van der Waals surface area contributed by atoms with Crippen LogP contribution in [-0.2, 0) is 0 Å². The number of rotatable bonds is 4. The molecule has 1 N–H and O–H groups in total. The second kappa shape index (κ2) is 6.97. The summed E-state index contributed by atoms with van der Waals surface area (Å²) in [6.45, 7) is 0. The molecule has 1 saturated carbocycles. The van der Waals surface area contributed by atoms with Gasteiger partial charge in [0.2, 0.25) is 0 Å². The fraction of sp³-hybridized carbons (Fsp3) is 0.389. The average Bonchev–Trinajstić information content (AvgIpc) is 3.06. The Hall–Kier alpha value is -1.81. The third-order valence-electron chi connectivity index (χ3n) is 4.19. The van der Waals surface area contributed by atoms with E-state index in [0.29, 0.717) is 6.04 Å². The van der Waals surface area contributed by atoms with Crippen molar-refractivity contribution in [2.24, 2.45) is 0 Å². The van der Waals surface area contributed by atoms with E-state index in [1.165, 1.54) is 30.6 Å². The van der Waals surface area contributed by atoms with E-state index in [9.17, 15) is 4.79 Å². The zero-order chi connectivity index (χ0) is 15.4. The second-order valence-corrected chi connectivity index (χ2v) is 6.65. The third kappa shape index (κ3) is 3.50. The maximum absolute atomic E-state index is 12.3. The molecule has 0 atom stereocenters.